The minimum absolute atomic E-state index is 0.00584. The van der Waals surface area contributed by atoms with Crippen molar-refractivity contribution in [3.8, 4) is 0 Å². The number of hydrogen-bond acceptors (Lipinski definition) is 3. The maximum atomic E-state index is 11.2. The monoisotopic (exact) mass is 183 g/mol. The molecule has 0 aromatic heterocycles. The highest BCUT2D eigenvalue weighted by atomic mass is 16.2. The number of amides is 1. The van der Waals surface area contributed by atoms with E-state index in [0.717, 1.165) is 0 Å². The van der Waals surface area contributed by atoms with Gasteiger partial charge in [0, 0.05) is 13.1 Å². The summed E-state index contributed by atoms with van der Waals surface area (Å²) in [4.78, 5) is 23.6. The zero-order valence-electron chi connectivity index (χ0n) is 8.46. The van der Waals surface area contributed by atoms with E-state index in [1.54, 1.807) is 6.82 Å². The number of ketones is 1. The van der Waals surface area contributed by atoms with E-state index in [9.17, 15) is 9.59 Å². The average Bonchev–Trinajstić information content (AvgIpc) is 2.10. The first-order valence-electron chi connectivity index (χ1n) is 4.34. The van der Waals surface area contributed by atoms with Gasteiger partial charge in [-0.15, -0.1) is 0 Å². The first kappa shape index (κ1) is 12.2. The molecule has 0 fully saturated rings. The molecule has 0 saturated carbocycles. The molecule has 1 amide bonds. The predicted octanol–water partition coefficient (Wildman–Crippen LogP) is -0.0309. The van der Waals surface area contributed by atoms with Crippen molar-refractivity contribution in [3.05, 3.63) is 0 Å². The van der Waals surface area contributed by atoms with Crippen molar-refractivity contribution in [2.75, 3.05) is 26.7 Å². The van der Waals surface area contributed by atoms with Gasteiger partial charge in [-0.25, -0.2) is 0 Å². The number of likely N-dealkylation sites (N-methyl/N-ethyl adjacent to an activating group) is 1. The van der Waals surface area contributed by atoms with Crippen LogP contribution in [0.15, 0.2) is 0 Å². The zero-order chi connectivity index (χ0) is 10.3. The van der Waals surface area contributed by atoms with Crippen LogP contribution in [0.2, 0.25) is 6.82 Å². The van der Waals surface area contributed by atoms with Crippen molar-refractivity contribution < 1.29 is 9.59 Å². The number of Topliss-reactive ketones (excluding diaryl/α,β-unsaturated/α-hetero) is 1. The van der Waals surface area contributed by atoms with Gasteiger partial charge < -0.3 is 10.2 Å². The van der Waals surface area contributed by atoms with Crippen LogP contribution in [0, 0.1) is 0 Å². The number of rotatable bonds is 6. The summed E-state index contributed by atoms with van der Waals surface area (Å²) in [6.07, 6.45) is 0. The molecule has 0 aromatic carbocycles. The summed E-state index contributed by atoms with van der Waals surface area (Å²) < 4.78 is 0. The first-order valence-corrected chi connectivity index (χ1v) is 4.34. The Bertz CT molecular complexity index is 185. The normalized spacial score (nSPS) is 9.46. The Hall–Kier alpha value is -0.835. The molecule has 5 heteroatoms. The molecule has 1 N–H and O–H groups in total. The third-order valence-corrected chi connectivity index (χ3v) is 1.60. The Morgan fingerprint density at radius 3 is 2.46 bits per heavy atom. The van der Waals surface area contributed by atoms with E-state index < -0.39 is 0 Å². The lowest BCUT2D eigenvalue weighted by molar-refractivity contribution is -0.117. The van der Waals surface area contributed by atoms with Crippen LogP contribution < -0.4 is 5.32 Å². The van der Waals surface area contributed by atoms with Crippen LogP contribution in [0.5, 0.6) is 0 Å². The van der Waals surface area contributed by atoms with E-state index in [4.69, 9.17) is 0 Å². The number of carbonyl (C=O) groups excluding carboxylic acids is 2. The summed E-state index contributed by atoms with van der Waals surface area (Å²) in [5, 5.41) is 2.93. The maximum absolute atomic E-state index is 11.2. The topological polar surface area (TPSA) is 49.4 Å². The van der Waals surface area contributed by atoms with Gasteiger partial charge in [0.25, 0.3) is 0 Å². The molecule has 0 heterocycles. The van der Waals surface area contributed by atoms with Crippen LogP contribution in [-0.4, -0.2) is 50.5 Å². The van der Waals surface area contributed by atoms with Crippen molar-refractivity contribution in [1.29, 1.82) is 0 Å². The van der Waals surface area contributed by atoms with Gasteiger partial charge in [-0.2, -0.15) is 0 Å². The molecule has 0 spiro atoms. The fraction of sp³-hybridized carbons (Fsp3) is 0.750. The molecule has 73 valence electrons. The SMILES string of the molecule is C[B]C(=O)N(CCNC)CC(C)=O. The van der Waals surface area contributed by atoms with Crippen molar-refractivity contribution in [3.63, 3.8) is 0 Å². The molecule has 0 saturated heterocycles. The van der Waals surface area contributed by atoms with Gasteiger partial charge in [-0.05, 0) is 14.0 Å². The Balaban J connectivity index is 4.02. The Kier molecular flexibility index (Phi) is 6.23. The molecule has 0 aliphatic rings. The molecule has 0 aromatic rings. The molecule has 13 heavy (non-hydrogen) atoms. The van der Waals surface area contributed by atoms with Crippen LogP contribution >= 0.6 is 0 Å². The molecule has 0 aliphatic carbocycles. The highest BCUT2D eigenvalue weighted by molar-refractivity contribution is 6.72. The second-order valence-electron chi connectivity index (χ2n) is 2.85. The minimum atomic E-state index is -0.0922. The second kappa shape index (κ2) is 6.66. The highest BCUT2D eigenvalue weighted by Gasteiger charge is 2.12. The largest absolute Gasteiger partial charge is 0.343 e. The predicted molar refractivity (Wildman–Crippen MR) is 53.2 cm³/mol. The van der Waals surface area contributed by atoms with E-state index >= 15 is 0 Å². The summed E-state index contributed by atoms with van der Waals surface area (Å²) >= 11 is 0. The summed E-state index contributed by atoms with van der Waals surface area (Å²) in [5.74, 6) is -0.0863. The summed E-state index contributed by atoms with van der Waals surface area (Å²) in [5.41, 5.74) is 0. The van der Waals surface area contributed by atoms with Gasteiger partial charge in [-0.1, -0.05) is 6.82 Å². The van der Waals surface area contributed by atoms with E-state index in [1.807, 2.05) is 7.05 Å². The lowest BCUT2D eigenvalue weighted by Gasteiger charge is -2.20. The summed E-state index contributed by atoms with van der Waals surface area (Å²) in [7, 11) is 3.28. The standard InChI is InChI=1S/C8H16BN2O2/c1-7(12)6-11(5-4-10-3)8(13)9-2/h10H,4-6H2,1-3H3. The van der Waals surface area contributed by atoms with Gasteiger partial charge in [0.05, 0.1) is 6.54 Å². The van der Waals surface area contributed by atoms with Gasteiger partial charge in [0.15, 0.2) is 5.81 Å². The van der Waals surface area contributed by atoms with Gasteiger partial charge >= 0.3 is 0 Å². The highest BCUT2D eigenvalue weighted by Crippen LogP contribution is 1.90. The molecular formula is C8H16BN2O2. The maximum Gasteiger partial charge on any atom is 0.229 e. The molecule has 0 aliphatic heterocycles. The van der Waals surface area contributed by atoms with Gasteiger partial charge in [0.1, 0.15) is 5.78 Å². The Morgan fingerprint density at radius 1 is 1.46 bits per heavy atom. The van der Waals surface area contributed by atoms with Crippen LogP contribution in [0.25, 0.3) is 0 Å². The molecule has 0 atom stereocenters. The lowest BCUT2D eigenvalue weighted by Crippen LogP contribution is -2.40. The van der Waals surface area contributed by atoms with Crippen LogP contribution in [-0.2, 0) is 4.79 Å². The fourth-order valence-electron chi connectivity index (χ4n) is 0.965. The van der Waals surface area contributed by atoms with Crippen LogP contribution in [0.4, 0.5) is 4.79 Å². The zero-order valence-corrected chi connectivity index (χ0v) is 8.46. The number of carbonyl (C=O) groups is 2. The smallest absolute Gasteiger partial charge is 0.229 e. The Morgan fingerprint density at radius 2 is 2.08 bits per heavy atom. The molecule has 4 nitrogen and oxygen atoms in total. The minimum Gasteiger partial charge on any atom is -0.343 e. The number of nitrogens with one attached hydrogen (secondary N) is 1. The van der Waals surface area contributed by atoms with E-state index in [2.05, 4.69) is 5.32 Å². The molecule has 1 radical (unpaired) electrons. The summed E-state index contributed by atoms with van der Waals surface area (Å²) in [6, 6.07) is 0. The number of hydrogen-bond donors (Lipinski definition) is 1. The van der Waals surface area contributed by atoms with Gasteiger partial charge in [0.2, 0.25) is 7.28 Å². The van der Waals surface area contributed by atoms with E-state index in [1.165, 1.54) is 19.1 Å². The Labute approximate surface area is 79.9 Å². The van der Waals surface area contributed by atoms with Crippen molar-refractivity contribution in [1.82, 2.24) is 10.2 Å². The quantitative estimate of drug-likeness (QED) is 0.588. The first-order chi connectivity index (χ1) is 6.11. The molecular weight excluding hydrogens is 167 g/mol. The van der Waals surface area contributed by atoms with Crippen LogP contribution in [0.1, 0.15) is 6.92 Å². The van der Waals surface area contributed by atoms with Crippen molar-refractivity contribution >= 4 is 18.9 Å². The van der Waals surface area contributed by atoms with E-state index in [-0.39, 0.29) is 18.1 Å². The third kappa shape index (κ3) is 5.41. The number of nitrogens with zero attached hydrogens (tertiary/aromatic N) is 1. The van der Waals surface area contributed by atoms with E-state index in [0.29, 0.717) is 13.1 Å². The van der Waals surface area contributed by atoms with Crippen molar-refractivity contribution in [2.45, 2.75) is 13.7 Å². The van der Waals surface area contributed by atoms with Gasteiger partial charge in [-0.3, -0.25) is 9.59 Å². The van der Waals surface area contributed by atoms with Crippen LogP contribution in [0.3, 0.4) is 0 Å². The van der Waals surface area contributed by atoms with Crippen molar-refractivity contribution in [2.24, 2.45) is 0 Å². The molecule has 0 bridgehead atoms. The second-order valence-corrected chi connectivity index (χ2v) is 2.85. The lowest BCUT2D eigenvalue weighted by atomic mass is 9.80. The summed E-state index contributed by atoms with van der Waals surface area (Å²) in [6.45, 7) is 4.63. The average molecular weight is 183 g/mol. The molecule has 0 rings (SSSR count). The molecule has 0 unspecified atom stereocenters. The fourth-order valence-corrected chi connectivity index (χ4v) is 0.965. The third-order valence-electron chi connectivity index (χ3n) is 1.60.